The number of aryl methyl sites for hydroxylation is 1. The predicted octanol–water partition coefficient (Wildman–Crippen LogP) is 0.989. The quantitative estimate of drug-likeness (QED) is 0.664. The third kappa shape index (κ3) is 1.25. The Morgan fingerprint density at radius 1 is 1.90 bits per heavy atom. The van der Waals surface area contributed by atoms with Crippen LogP contribution in [0.1, 0.15) is 11.6 Å². The zero-order chi connectivity index (χ0) is 7.56. The molecule has 0 aliphatic heterocycles. The van der Waals surface area contributed by atoms with Gasteiger partial charge in [-0.05, 0) is 6.92 Å². The second-order valence-electron chi connectivity index (χ2n) is 2.06. The summed E-state index contributed by atoms with van der Waals surface area (Å²) in [6.45, 7) is 5.26. The number of hydrogen-bond acceptors (Lipinski definition) is 3. The zero-order valence-electron chi connectivity index (χ0n) is 5.79. The van der Waals surface area contributed by atoms with Crippen molar-refractivity contribution in [1.29, 1.82) is 0 Å². The van der Waals surface area contributed by atoms with Gasteiger partial charge in [0.1, 0.15) is 6.26 Å². The molecule has 0 saturated heterocycles. The number of nitrogens with zero attached hydrogens (tertiary/aromatic N) is 1. The van der Waals surface area contributed by atoms with Gasteiger partial charge >= 0.3 is 0 Å². The fourth-order valence-electron chi connectivity index (χ4n) is 0.584. The molecule has 1 N–H and O–H groups in total. The van der Waals surface area contributed by atoms with Gasteiger partial charge in [-0.15, -0.1) is 0 Å². The SMILES string of the molecule is C=C(CO)c1nc(C)co1. The van der Waals surface area contributed by atoms with Crippen LogP contribution < -0.4 is 0 Å². The van der Waals surface area contributed by atoms with E-state index in [9.17, 15) is 0 Å². The Labute approximate surface area is 59.0 Å². The molecule has 54 valence electrons. The van der Waals surface area contributed by atoms with Crippen LogP contribution in [0, 0.1) is 6.92 Å². The van der Waals surface area contributed by atoms with Crippen molar-refractivity contribution >= 4 is 5.57 Å². The molecule has 1 aromatic heterocycles. The van der Waals surface area contributed by atoms with Crippen LogP contribution in [0.15, 0.2) is 17.3 Å². The van der Waals surface area contributed by atoms with Gasteiger partial charge in [-0.2, -0.15) is 0 Å². The Hall–Kier alpha value is -1.09. The van der Waals surface area contributed by atoms with Crippen molar-refractivity contribution in [2.45, 2.75) is 6.92 Å². The average molecular weight is 139 g/mol. The molecule has 0 radical (unpaired) electrons. The molecule has 0 aromatic carbocycles. The molecule has 0 fully saturated rings. The monoisotopic (exact) mass is 139 g/mol. The lowest BCUT2D eigenvalue weighted by molar-refractivity contribution is 0.345. The van der Waals surface area contributed by atoms with Crippen LogP contribution in [0.2, 0.25) is 0 Å². The minimum atomic E-state index is -0.111. The van der Waals surface area contributed by atoms with Gasteiger partial charge in [-0.25, -0.2) is 4.98 Å². The zero-order valence-corrected chi connectivity index (χ0v) is 5.79. The van der Waals surface area contributed by atoms with Crippen molar-refractivity contribution in [2.75, 3.05) is 6.61 Å². The number of aromatic nitrogens is 1. The maximum absolute atomic E-state index is 8.60. The van der Waals surface area contributed by atoms with E-state index in [1.54, 1.807) is 0 Å². The molecule has 1 aromatic rings. The Bertz CT molecular complexity index is 240. The molecule has 0 saturated carbocycles. The molecule has 1 rings (SSSR count). The second kappa shape index (κ2) is 2.66. The third-order valence-corrected chi connectivity index (χ3v) is 1.11. The Morgan fingerprint density at radius 3 is 3.00 bits per heavy atom. The van der Waals surface area contributed by atoms with Crippen LogP contribution in [0.3, 0.4) is 0 Å². The summed E-state index contributed by atoms with van der Waals surface area (Å²) < 4.78 is 4.95. The van der Waals surface area contributed by atoms with Crippen LogP contribution in [0.4, 0.5) is 0 Å². The van der Waals surface area contributed by atoms with Crippen LogP contribution in [0.25, 0.3) is 5.57 Å². The summed E-state index contributed by atoms with van der Waals surface area (Å²) in [6, 6.07) is 0. The summed E-state index contributed by atoms with van der Waals surface area (Å²) in [5.41, 5.74) is 1.30. The van der Waals surface area contributed by atoms with Crippen LogP contribution in [0.5, 0.6) is 0 Å². The molecule has 0 spiro atoms. The maximum atomic E-state index is 8.60. The van der Waals surface area contributed by atoms with Gasteiger partial charge in [0.05, 0.1) is 12.3 Å². The molecule has 0 atom stereocenters. The van der Waals surface area contributed by atoms with E-state index in [1.165, 1.54) is 6.26 Å². The van der Waals surface area contributed by atoms with E-state index in [4.69, 9.17) is 9.52 Å². The summed E-state index contributed by atoms with van der Waals surface area (Å²) in [4.78, 5) is 3.96. The molecule has 3 heteroatoms. The largest absolute Gasteiger partial charge is 0.444 e. The topological polar surface area (TPSA) is 46.3 Å². The fraction of sp³-hybridized carbons (Fsp3) is 0.286. The van der Waals surface area contributed by atoms with E-state index in [0.29, 0.717) is 11.5 Å². The first-order valence-corrected chi connectivity index (χ1v) is 2.95. The van der Waals surface area contributed by atoms with Gasteiger partial charge in [0, 0.05) is 5.57 Å². The standard InChI is InChI=1S/C7H9NO2/c1-5(3-9)7-8-6(2)4-10-7/h4,9H,1,3H2,2H3. The Balaban J connectivity index is 2.85. The van der Waals surface area contributed by atoms with Crippen molar-refractivity contribution in [1.82, 2.24) is 4.98 Å². The summed E-state index contributed by atoms with van der Waals surface area (Å²) in [6.07, 6.45) is 1.52. The molecule has 0 amide bonds. The summed E-state index contributed by atoms with van der Waals surface area (Å²) in [5.74, 6) is 0.417. The first kappa shape index (κ1) is 7.02. The van der Waals surface area contributed by atoms with Crippen molar-refractivity contribution in [3.05, 3.63) is 24.4 Å². The van der Waals surface area contributed by atoms with Crippen molar-refractivity contribution in [3.63, 3.8) is 0 Å². The summed E-state index contributed by atoms with van der Waals surface area (Å²) in [5, 5.41) is 8.60. The highest BCUT2D eigenvalue weighted by Crippen LogP contribution is 2.09. The van der Waals surface area contributed by atoms with Gasteiger partial charge in [0.2, 0.25) is 5.89 Å². The fourth-order valence-corrected chi connectivity index (χ4v) is 0.584. The normalized spacial score (nSPS) is 9.80. The number of aliphatic hydroxyl groups is 1. The lowest BCUT2D eigenvalue weighted by Crippen LogP contribution is -1.87. The third-order valence-electron chi connectivity index (χ3n) is 1.11. The minimum absolute atomic E-state index is 0.111. The predicted molar refractivity (Wildman–Crippen MR) is 37.4 cm³/mol. The van der Waals surface area contributed by atoms with Crippen molar-refractivity contribution in [2.24, 2.45) is 0 Å². The van der Waals surface area contributed by atoms with E-state index in [2.05, 4.69) is 11.6 Å². The Morgan fingerprint density at radius 2 is 2.60 bits per heavy atom. The first-order valence-electron chi connectivity index (χ1n) is 2.95. The molecule has 0 aliphatic rings. The van der Waals surface area contributed by atoms with Gasteiger partial charge in [0.15, 0.2) is 0 Å². The Kier molecular flexibility index (Phi) is 1.87. The molecule has 10 heavy (non-hydrogen) atoms. The van der Waals surface area contributed by atoms with Crippen molar-refractivity contribution < 1.29 is 9.52 Å². The molecule has 3 nitrogen and oxygen atoms in total. The molecular weight excluding hydrogens is 130 g/mol. The molecule has 1 heterocycles. The molecule has 0 bridgehead atoms. The van der Waals surface area contributed by atoms with Crippen molar-refractivity contribution in [3.8, 4) is 0 Å². The van der Waals surface area contributed by atoms with E-state index >= 15 is 0 Å². The highest BCUT2D eigenvalue weighted by atomic mass is 16.3. The first-order chi connectivity index (χ1) is 4.74. The van der Waals surface area contributed by atoms with E-state index in [0.717, 1.165) is 5.69 Å². The number of aliphatic hydroxyl groups excluding tert-OH is 1. The highest BCUT2D eigenvalue weighted by Gasteiger charge is 2.02. The van der Waals surface area contributed by atoms with E-state index in [-0.39, 0.29) is 6.61 Å². The second-order valence-corrected chi connectivity index (χ2v) is 2.06. The van der Waals surface area contributed by atoms with Gasteiger partial charge in [-0.1, -0.05) is 6.58 Å². The molecule has 0 aliphatic carbocycles. The van der Waals surface area contributed by atoms with Crippen LogP contribution in [-0.4, -0.2) is 16.7 Å². The minimum Gasteiger partial charge on any atom is -0.444 e. The van der Waals surface area contributed by atoms with Gasteiger partial charge < -0.3 is 9.52 Å². The van der Waals surface area contributed by atoms with Gasteiger partial charge in [0.25, 0.3) is 0 Å². The summed E-state index contributed by atoms with van der Waals surface area (Å²) >= 11 is 0. The maximum Gasteiger partial charge on any atom is 0.223 e. The summed E-state index contributed by atoms with van der Waals surface area (Å²) in [7, 11) is 0. The van der Waals surface area contributed by atoms with E-state index in [1.807, 2.05) is 6.92 Å². The van der Waals surface area contributed by atoms with Crippen LogP contribution in [-0.2, 0) is 0 Å². The number of oxazole rings is 1. The van der Waals surface area contributed by atoms with E-state index < -0.39 is 0 Å². The van der Waals surface area contributed by atoms with Crippen LogP contribution >= 0.6 is 0 Å². The number of hydrogen-bond donors (Lipinski definition) is 1. The average Bonchev–Trinajstić information content (AvgIpc) is 2.34. The van der Waals surface area contributed by atoms with Gasteiger partial charge in [-0.3, -0.25) is 0 Å². The smallest absolute Gasteiger partial charge is 0.223 e. The highest BCUT2D eigenvalue weighted by molar-refractivity contribution is 5.55. The lowest BCUT2D eigenvalue weighted by Gasteiger charge is -1.90. The molecular formula is C7H9NO2. The number of rotatable bonds is 2. The molecule has 0 unspecified atom stereocenters. The lowest BCUT2D eigenvalue weighted by atomic mass is 10.3.